The van der Waals surface area contributed by atoms with Crippen LogP contribution >= 0.6 is 0 Å². The van der Waals surface area contributed by atoms with Crippen molar-refractivity contribution in [1.82, 2.24) is 18.5 Å². The molecule has 19 heavy (non-hydrogen) atoms. The molecule has 1 rings (SSSR count). The van der Waals surface area contributed by atoms with Gasteiger partial charge < -0.3 is 33.2 Å². The fourth-order valence-electron chi connectivity index (χ4n) is 0.587. The van der Waals surface area contributed by atoms with Gasteiger partial charge in [0.2, 0.25) is 0 Å². The molecule has 118 valence electrons. The van der Waals surface area contributed by atoms with Gasteiger partial charge in [-0.15, -0.1) is 13.2 Å². The monoisotopic (exact) mass is 301 g/mol. The van der Waals surface area contributed by atoms with E-state index >= 15 is 0 Å². The normalized spacial score (nSPS) is 7.84. The Hall–Kier alpha value is -1.07. The summed E-state index contributed by atoms with van der Waals surface area (Å²) < 4.78 is 30.8. The van der Waals surface area contributed by atoms with E-state index in [9.17, 15) is 13.0 Å². The van der Waals surface area contributed by atoms with Crippen LogP contribution in [0.1, 0.15) is 13.8 Å². The molecule has 9 heteroatoms. The zero-order valence-corrected chi connectivity index (χ0v) is 13.1. The molecule has 0 atom stereocenters. The minimum absolute atomic E-state index is 0. The summed E-state index contributed by atoms with van der Waals surface area (Å²) in [4.78, 5) is -0.185. The highest BCUT2D eigenvalue weighted by molar-refractivity contribution is 7.85. The number of quaternary nitrogens is 3. The molecule has 0 aliphatic carbocycles. The van der Waals surface area contributed by atoms with Gasteiger partial charge in [-0.2, -0.15) is 0 Å². The summed E-state index contributed by atoms with van der Waals surface area (Å²) in [7, 11) is -4.25. The molecular formula is C10H27N3O5S. The van der Waals surface area contributed by atoms with Crippen LogP contribution in [-0.4, -0.2) is 26.2 Å². The lowest BCUT2D eigenvalue weighted by Crippen LogP contribution is -1.97. The second-order valence-electron chi connectivity index (χ2n) is 2.34. The average molecular weight is 301 g/mol. The largest absolute Gasteiger partial charge is 0.855 e. The first kappa shape index (κ1) is 30.7. The molecular weight excluding hydrogens is 274 g/mol. The lowest BCUT2D eigenvalue weighted by atomic mass is 10.4. The summed E-state index contributed by atoms with van der Waals surface area (Å²) in [5.41, 5.74) is 0. The molecule has 0 aromatic heterocycles. The number of rotatable bonds is 1. The van der Waals surface area contributed by atoms with Crippen molar-refractivity contribution in [3.05, 3.63) is 30.3 Å². The topological polar surface area (TPSA) is 213 Å². The maximum absolute atomic E-state index is 10.3. The van der Waals surface area contributed by atoms with Crippen molar-refractivity contribution in [2.75, 3.05) is 13.2 Å². The Kier molecular flexibility index (Phi) is 31.2. The first-order chi connectivity index (χ1) is 7.43. The Bertz CT molecular complexity index is 343. The summed E-state index contributed by atoms with van der Waals surface area (Å²) in [6, 6.07) is 7.19. The summed E-state index contributed by atoms with van der Waals surface area (Å²) in [6.45, 7) is 3.14. The second-order valence-corrected chi connectivity index (χ2v) is 3.72. The number of hydrogen-bond donors (Lipinski definition) is 3. The first-order valence-electron chi connectivity index (χ1n) is 4.61. The highest BCUT2D eigenvalue weighted by Gasteiger charge is 1.95. The van der Waals surface area contributed by atoms with Crippen LogP contribution in [0.3, 0.4) is 0 Å². The molecule has 8 nitrogen and oxygen atoms in total. The fourth-order valence-corrected chi connectivity index (χ4v) is 1.08. The quantitative estimate of drug-likeness (QED) is 0.628. The fraction of sp³-hybridized carbons (Fsp3) is 0.400. The maximum Gasteiger partial charge on any atom is 0.124 e. The van der Waals surface area contributed by atoms with Crippen molar-refractivity contribution in [3.8, 4) is 0 Å². The zero-order valence-electron chi connectivity index (χ0n) is 12.3. The molecule has 12 N–H and O–H groups in total. The molecule has 0 bridgehead atoms. The predicted molar refractivity (Wildman–Crippen MR) is 73.4 cm³/mol. The standard InChI is InChI=1S/C6H6O3S.2C2H5O.3H3N/c7-10(8,9)6-4-2-1-3-5-6;2*1-2-3;;;/h1-5H,(H,7,8,9);2*2H2,1H3;3*1H3/q;2*-1;;;/p+2. The smallest absolute Gasteiger partial charge is 0.124 e. The van der Waals surface area contributed by atoms with Crippen molar-refractivity contribution in [2.24, 2.45) is 0 Å². The van der Waals surface area contributed by atoms with Crippen molar-refractivity contribution >= 4 is 10.1 Å². The van der Waals surface area contributed by atoms with Gasteiger partial charge in [0.05, 0.1) is 4.90 Å². The van der Waals surface area contributed by atoms with Crippen LogP contribution in [0.15, 0.2) is 35.2 Å². The second kappa shape index (κ2) is 19.3. The van der Waals surface area contributed by atoms with Gasteiger partial charge in [-0.05, 0) is 12.1 Å². The molecule has 0 spiro atoms. The number of hydrogen-bond acceptors (Lipinski definition) is 5. The molecule has 0 saturated carbocycles. The van der Waals surface area contributed by atoms with Gasteiger partial charge in [0.15, 0.2) is 0 Å². The molecule has 1 aromatic carbocycles. The summed E-state index contributed by atoms with van der Waals surface area (Å²) in [6.07, 6.45) is 0. The van der Waals surface area contributed by atoms with E-state index in [0.29, 0.717) is 0 Å². The van der Waals surface area contributed by atoms with E-state index in [-0.39, 0.29) is 36.6 Å². The van der Waals surface area contributed by atoms with Gasteiger partial charge in [0, 0.05) is 0 Å². The minimum atomic E-state index is -4.25. The van der Waals surface area contributed by atoms with Gasteiger partial charge in [0.25, 0.3) is 0 Å². The summed E-state index contributed by atoms with van der Waals surface area (Å²) in [5, 5.41) is 17.9. The van der Waals surface area contributed by atoms with E-state index in [2.05, 4.69) is 0 Å². The van der Waals surface area contributed by atoms with Gasteiger partial charge >= 0.3 is 0 Å². The molecule has 0 fully saturated rings. The zero-order chi connectivity index (χ0) is 13.0. The number of benzene rings is 1. The lowest BCUT2D eigenvalue weighted by molar-refractivity contribution is -0.362. The van der Waals surface area contributed by atoms with Crippen LogP contribution in [0.25, 0.3) is 0 Å². The van der Waals surface area contributed by atoms with E-state index in [1.165, 1.54) is 24.3 Å². The predicted octanol–water partition coefficient (Wildman–Crippen LogP) is 0.453. The first-order valence-corrected chi connectivity index (χ1v) is 6.01. The van der Waals surface area contributed by atoms with E-state index in [4.69, 9.17) is 10.2 Å². The molecule has 0 radical (unpaired) electrons. The van der Waals surface area contributed by atoms with Crippen molar-refractivity contribution in [1.29, 1.82) is 0 Å². The van der Waals surface area contributed by atoms with Crippen LogP contribution in [0.4, 0.5) is 0 Å². The van der Waals surface area contributed by atoms with Gasteiger partial charge in [0.1, 0.15) is 10.1 Å². The third kappa shape index (κ3) is 22.6. The van der Waals surface area contributed by atoms with E-state index in [0.717, 1.165) is 0 Å². The van der Waals surface area contributed by atoms with Crippen molar-refractivity contribution < 1.29 is 23.2 Å². The molecule has 0 aliphatic heterocycles. The molecule has 0 aliphatic rings. The van der Waals surface area contributed by atoms with Gasteiger partial charge in [-0.1, -0.05) is 32.0 Å². The maximum atomic E-state index is 10.3. The van der Waals surface area contributed by atoms with Crippen molar-refractivity contribution in [3.63, 3.8) is 0 Å². The Morgan fingerprint density at radius 3 is 1.32 bits per heavy atom. The van der Waals surface area contributed by atoms with Crippen LogP contribution in [0.2, 0.25) is 0 Å². The highest BCUT2D eigenvalue weighted by Crippen LogP contribution is 2.04. The van der Waals surface area contributed by atoms with Crippen LogP contribution in [-0.2, 0) is 10.1 Å². The Labute approximate surface area is 115 Å². The lowest BCUT2D eigenvalue weighted by Gasteiger charge is -2.04. The van der Waals surface area contributed by atoms with Crippen molar-refractivity contribution in [2.45, 2.75) is 18.7 Å². The van der Waals surface area contributed by atoms with E-state index in [1.54, 1.807) is 19.9 Å². The summed E-state index contributed by atoms with van der Waals surface area (Å²) in [5.74, 6) is 0. The Morgan fingerprint density at radius 2 is 1.16 bits per heavy atom. The van der Waals surface area contributed by atoms with E-state index in [1.807, 2.05) is 0 Å². The average Bonchev–Trinajstić information content (AvgIpc) is 2.20. The Morgan fingerprint density at radius 1 is 0.895 bits per heavy atom. The highest BCUT2D eigenvalue weighted by atomic mass is 32.2. The van der Waals surface area contributed by atoms with Crippen LogP contribution in [0, 0.1) is 0 Å². The third-order valence-electron chi connectivity index (χ3n) is 1.03. The van der Waals surface area contributed by atoms with Gasteiger partial charge in [-0.3, -0.25) is 0 Å². The molecule has 0 amide bonds. The molecule has 0 unspecified atom stereocenters. The third-order valence-corrected chi connectivity index (χ3v) is 1.88. The molecule has 0 heterocycles. The summed E-state index contributed by atoms with van der Waals surface area (Å²) >= 11 is 0. The minimum Gasteiger partial charge on any atom is -0.855 e. The van der Waals surface area contributed by atoms with Crippen LogP contribution in [0.5, 0.6) is 0 Å². The molecule has 1 aromatic rings. The van der Waals surface area contributed by atoms with E-state index < -0.39 is 10.1 Å². The molecule has 0 saturated heterocycles. The van der Waals surface area contributed by atoms with Crippen LogP contribution < -0.4 is 28.7 Å². The van der Waals surface area contributed by atoms with Gasteiger partial charge in [-0.25, -0.2) is 8.42 Å². The SMILES string of the molecule is CC[O-].CC[O-].O=S(=O)([O-])c1ccccc1.[NH4+].[NH4+].[NH4+]. The Balaban J connectivity index is -0.0000000635.